The van der Waals surface area contributed by atoms with Gasteiger partial charge in [-0.15, -0.1) is 0 Å². The van der Waals surface area contributed by atoms with Crippen LogP contribution in [0.5, 0.6) is 11.5 Å². The van der Waals surface area contributed by atoms with Crippen molar-refractivity contribution >= 4 is 17.6 Å². The highest BCUT2D eigenvalue weighted by Gasteiger charge is 2.28. The molecule has 6 heteroatoms. The fourth-order valence-electron chi connectivity index (χ4n) is 2.86. The van der Waals surface area contributed by atoms with Crippen molar-refractivity contribution in [2.75, 3.05) is 6.61 Å². The van der Waals surface area contributed by atoms with Crippen molar-refractivity contribution in [2.24, 2.45) is 0 Å². The van der Waals surface area contributed by atoms with Crippen molar-refractivity contribution in [3.8, 4) is 11.5 Å². The van der Waals surface area contributed by atoms with Crippen LogP contribution in [0.15, 0.2) is 72.5 Å². The lowest BCUT2D eigenvalue weighted by molar-refractivity contribution is 0.0920. The second-order valence-corrected chi connectivity index (χ2v) is 6.34. The van der Waals surface area contributed by atoms with Gasteiger partial charge in [0.2, 0.25) is 5.78 Å². The van der Waals surface area contributed by atoms with Gasteiger partial charge in [0.15, 0.2) is 18.1 Å². The Kier molecular flexibility index (Phi) is 4.91. The first-order valence-corrected chi connectivity index (χ1v) is 8.75. The van der Waals surface area contributed by atoms with E-state index in [1.54, 1.807) is 18.2 Å². The maximum Gasteiger partial charge on any atom is 0.231 e. The van der Waals surface area contributed by atoms with E-state index in [0.717, 1.165) is 0 Å². The number of allylic oxidation sites excluding steroid dienone is 1. The predicted molar refractivity (Wildman–Crippen MR) is 102 cm³/mol. The Bertz CT molecular complexity index is 1130. The van der Waals surface area contributed by atoms with Crippen LogP contribution in [0.3, 0.4) is 0 Å². The zero-order chi connectivity index (χ0) is 20.4. The number of Topliss-reactive ketones (excluding diaryl/α,β-unsaturated/α-hetero) is 2. The molecule has 4 rings (SSSR count). The summed E-state index contributed by atoms with van der Waals surface area (Å²) in [5.74, 6) is -0.967. The van der Waals surface area contributed by atoms with Gasteiger partial charge >= 0.3 is 0 Å². The molecule has 3 aromatic carbocycles. The molecule has 144 valence electrons. The van der Waals surface area contributed by atoms with Crippen LogP contribution in [0.2, 0.25) is 0 Å². The van der Waals surface area contributed by atoms with Crippen LogP contribution in [0.4, 0.5) is 8.78 Å². The summed E-state index contributed by atoms with van der Waals surface area (Å²) in [5, 5.41) is 0. The topological polar surface area (TPSA) is 52.6 Å². The van der Waals surface area contributed by atoms with Gasteiger partial charge in [-0.05, 0) is 48.5 Å². The molecule has 0 N–H and O–H groups in total. The average Bonchev–Trinajstić information content (AvgIpc) is 3.03. The van der Waals surface area contributed by atoms with Crippen LogP contribution in [-0.2, 0) is 0 Å². The first-order chi connectivity index (χ1) is 14.0. The number of ketones is 2. The number of rotatable bonds is 5. The third-order valence-electron chi connectivity index (χ3n) is 4.37. The van der Waals surface area contributed by atoms with E-state index >= 15 is 0 Å². The molecule has 0 amide bonds. The Balaban J connectivity index is 1.48. The largest absolute Gasteiger partial charge is 0.485 e. The van der Waals surface area contributed by atoms with Crippen molar-refractivity contribution in [1.29, 1.82) is 0 Å². The molecule has 1 heterocycles. The summed E-state index contributed by atoms with van der Waals surface area (Å²) in [6.45, 7) is -0.254. The standard InChI is InChI=1S/C23H14F2O4/c24-16-7-5-14(6-8-16)20(26)13-28-17-9-10-18-21(12-17)29-22(23(18)27)11-15-3-1-2-4-19(15)25/h1-12H,13H2. The van der Waals surface area contributed by atoms with Crippen molar-refractivity contribution in [3.63, 3.8) is 0 Å². The molecule has 1 aliphatic rings. The van der Waals surface area contributed by atoms with Crippen LogP contribution >= 0.6 is 0 Å². The minimum atomic E-state index is -0.462. The highest BCUT2D eigenvalue weighted by molar-refractivity contribution is 6.14. The van der Waals surface area contributed by atoms with Gasteiger partial charge < -0.3 is 9.47 Å². The number of benzene rings is 3. The van der Waals surface area contributed by atoms with Crippen molar-refractivity contribution in [1.82, 2.24) is 0 Å². The predicted octanol–water partition coefficient (Wildman–Crippen LogP) is 4.84. The van der Waals surface area contributed by atoms with Gasteiger partial charge in [0, 0.05) is 17.2 Å². The van der Waals surface area contributed by atoms with Crippen molar-refractivity contribution in [2.45, 2.75) is 0 Å². The van der Waals surface area contributed by atoms with Crippen LogP contribution in [0, 0.1) is 11.6 Å². The number of carbonyl (C=O) groups is 2. The number of fused-ring (bicyclic) bond motifs is 1. The van der Waals surface area contributed by atoms with E-state index in [9.17, 15) is 18.4 Å². The quantitative estimate of drug-likeness (QED) is 0.460. The summed E-state index contributed by atoms with van der Waals surface area (Å²) in [6.07, 6.45) is 1.34. The number of halogens is 2. The summed E-state index contributed by atoms with van der Waals surface area (Å²) in [7, 11) is 0. The average molecular weight is 392 g/mol. The molecule has 0 aliphatic carbocycles. The summed E-state index contributed by atoms with van der Waals surface area (Å²) < 4.78 is 37.8. The van der Waals surface area contributed by atoms with Crippen LogP contribution in [0.25, 0.3) is 6.08 Å². The molecule has 0 fully saturated rings. The summed E-state index contributed by atoms with van der Waals surface area (Å²) in [6, 6.07) is 15.8. The minimum absolute atomic E-state index is 0.00429. The molecule has 0 atom stereocenters. The molecular formula is C23H14F2O4. The number of hydrogen-bond acceptors (Lipinski definition) is 4. The monoisotopic (exact) mass is 392 g/mol. The van der Waals surface area contributed by atoms with Crippen LogP contribution in [0.1, 0.15) is 26.3 Å². The van der Waals surface area contributed by atoms with E-state index in [4.69, 9.17) is 9.47 Å². The van der Waals surface area contributed by atoms with Gasteiger partial charge in [-0.2, -0.15) is 0 Å². The molecule has 1 aliphatic heterocycles. The van der Waals surface area contributed by atoms with Crippen molar-refractivity contribution < 1.29 is 27.8 Å². The first kappa shape index (κ1) is 18.6. The lowest BCUT2D eigenvalue weighted by atomic mass is 10.1. The van der Waals surface area contributed by atoms with E-state index in [-0.39, 0.29) is 35.2 Å². The zero-order valence-corrected chi connectivity index (χ0v) is 15.0. The van der Waals surface area contributed by atoms with E-state index in [1.165, 1.54) is 54.6 Å². The van der Waals surface area contributed by atoms with E-state index in [1.807, 2.05) is 0 Å². The maximum absolute atomic E-state index is 13.8. The van der Waals surface area contributed by atoms with E-state index < -0.39 is 11.6 Å². The second-order valence-electron chi connectivity index (χ2n) is 6.34. The Labute approximate surface area is 165 Å². The minimum Gasteiger partial charge on any atom is -0.485 e. The van der Waals surface area contributed by atoms with Gasteiger partial charge in [-0.25, -0.2) is 8.78 Å². The Morgan fingerprint density at radius 2 is 1.76 bits per heavy atom. The van der Waals surface area contributed by atoms with Gasteiger partial charge in [0.1, 0.15) is 23.1 Å². The Hall–Kier alpha value is -3.80. The number of hydrogen-bond donors (Lipinski definition) is 0. The fourth-order valence-corrected chi connectivity index (χ4v) is 2.86. The molecular weight excluding hydrogens is 378 g/mol. The lowest BCUT2D eigenvalue weighted by Crippen LogP contribution is -2.11. The fraction of sp³-hybridized carbons (Fsp3) is 0.0435. The highest BCUT2D eigenvalue weighted by atomic mass is 19.1. The van der Waals surface area contributed by atoms with Crippen LogP contribution < -0.4 is 9.47 Å². The molecule has 0 bridgehead atoms. The van der Waals surface area contributed by atoms with Crippen molar-refractivity contribution in [3.05, 3.63) is 101 Å². The molecule has 0 unspecified atom stereocenters. The maximum atomic E-state index is 13.8. The SMILES string of the molecule is O=C(COc1ccc2c(c1)OC(=Cc1ccccc1F)C2=O)c1ccc(F)cc1. The van der Waals surface area contributed by atoms with Crippen LogP contribution in [-0.4, -0.2) is 18.2 Å². The third-order valence-corrected chi connectivity index (χ3v) is 4.37. The third kappa shape index (κ3) is 3.91. The molecule has 4 nitrogen and oxygen atoms in total. The lowest BCUT2D eigenvalue weighted by Gasteiger charge is -2.07. The second kappa shape index (κ2) is 7.67. The van der Waals surface area contributed by atoms with E-state index in [0.29, 0.717) is 16.9 Å². The molecule has 0 spiro atoms. The van der Waals surface area contributed by atoms with Gasteiger partial charge in [-0.1, -0.05) is 18.2 Å². The normalized spacial score (nSPS) is 13.9. The zero-order valence-electron chi connectivity index (χ0n) is 15.0. The summed E-state index contributed by atoms with van der Waals surface area (Å²) in [4.78, 5) is 24.6. The number of carbonyl (C=O) groups excluding carboxylic acids is 2. The highest BCUT2D eigenvalue weighted by Crippen LogP contribution is 2.35. The van der Waals surface area contributed by atoms with Gasteiger partial charge in [0.05, 0.1) is 5.56 Å². The van der Waals surface area contributed by atoms with E-state index in [2.05, 4.69) is 0 Å². The number of ether oxygens (including phenoxy) is 2. The van der Waals surface area contributed by atoms with Gasteiger partial charge in [0.25, 0.3) is 0 Å². The summed E-state index contributed by atoms with van der Waals surface area (Å²) >= 11 is 0. The first-order valence-electron chi connectivity index (χ1n) is 8.75. The molecule has 29 heavy (non-hydrogen) atoms. The molecule has 0 aromatic heterocycles. The Morgan fingerprint density at radius 3 is 2.52 bits per heavy atom. The smallest absolute Gasteiger partial charge is 0.231 e. The molecule has 0 saturated carbocycles. The Morgan fingerprint density at radius 1 is 1.00 bits per heavy atom. The van der Waals surface area contributed by atoms with Gasteiger partial charge in [-0.3, -0.25) is 9.59 Å². The summed E-state index contributed by atoms with van der Waals surface area (Å²) in [5.41, 5.74) is 0.893. The molecule has 3 aromatic rings. The molecule has 0 saturated heterocycles. The molecule has 0 radical (unpaired) electrons.